The largest absolute Gasteiger partial charge is 0.487 e. The SMILES string of the molecule is CCC1CCCC2(CC1)C[C@H](N)c1cc(Cl)ccc1O2. The molecule has 1 aliphatic carbocycles. The summed E-state index contributed by atoms with van der Waals surface area (Å²) in [5.74, 6) is 1.81. The maximum Gasteiger partial charge on any atom is 0.125 e. The van der Waals surface area contributed by atoms with Gasteiger partial charge in [0.1, 0.15) is 11.4 Å². The molecular weight excluding hydrogens is 270 g/mol. The number of benzene rings is 1. The van der Waals surface area contributed by atoms with E-state index < -0.39 is 0 Å². The van der Waals surface area contributed by atoms with Crippen LogP contribution in [0.2, 0.25) is 5.02 Å². The topological polar surface area (TPSA) is 35.2 Å². The van der Waals surface area contributed by atoms with Crippen molar-refractivity contribution in [3.8, 4) is 5.75 Å². The van der Waals surface area contributed by atoms with E-state index in [0.717, 1.165) is 41.5 Å². The van der Waals surface area contributed by atoms with E-state index in [0.29, 0.717) is 0 Å². The summed E-state index contributed by atoms with van der Waals surface area (Å²) in [6.45, 7) is 2.30. The van der Waals surface area contributed by atoms with Gasteiger partial charge in [-0.25, -0.2) is 0 Å². The Kier molecular flexibility index (Phi) is 3.96. The van der Waals surface area contributed by atoms with Crippen molar-refractivity contribution in [3.63, 3.8) is 0 Å². The van der Waals surface area contributed by atoms with Crippen LogP contribution in [0, 0.1) is 5.92 Å². The van der Waals surface area contributed by atoms with Crippen molar-refractivity contribution in [3.05, 3.63) is 28.8 Å². The van der Waals surface area contributed by atoms with Crippen molar-refractivity contribution in [2.24, 2.45) is 11.7 Å². The second-order valence-corrected chi connectivity index (χ2v) is 6.92. The average molecular weight is 294 g/mol. The van der Waals surface area contributed by atoms with Gasteiger partial charge in [0.2, 0.25) is 0 Å². The third kappa shape index (κ3) is 2.68. The first kappa shape index (κ1) is 14.2. The third-order valence-corrected chi connectivity index (χ3v) is 5.36. The Balaban J connectivity index is 1.85. The van der Waals surface area contributed by atoms with Crippen molar-refractivity contribution in [1.29, 1.82) is 0 Å². The van der Waals surface area contributed by atoms with Crippen molar-refractivity contribution >= 4 is 11.6 Å². The molecule has 0 saturated heterocycles. The van der Waals surface area contributed by atoms with Crippen LogP contribution < -0.4 is 10.5 Å². The second-order valence-electron chi connectivity index (χ2n) is 6.48. The molecule has 0 radical (unpaired) electrons. The normalized spacial score (nSPS) is 33.4. The summed E-state index contributed by atoms with van der Waals surface area (Å²) >= 11 is 6.07. The Morgan fingerprint density at radius 1 is 1.35 bits per heavy atom. The van der Waals surface area contributed by atoms with E-state index in [1.165, 1.54) is 25.7 Å². The van der Waals surface area contributed by atoms with Gasteiger partial charge in [-0.3, -0.25) is 0 Å². The Morgan fingerprint density at radius 2 is 2.20 bits per heavy atom. The van der Waals surface area contributed by atoms with Crippen molar-refractivity contribution in [2.45, 2.75) is 63.5 Å². The summed E-state index contributed by atoms with van der Waals surface area (Å²) in [7, 11) is 0. The van der Waals surface area contributed by atoms with Crippen LogP contribution in [0.15, 0.2) is 18.2 Å². The van der Waals surface area contributed by atoms with Gasteiger partial charge in [0, 0.05) is 23.0 Å². The number of fused-ring (bicyclic) bond motifs is 1. The summed E-state index contributed by atoms with van der Waals surface area (Å²) in [5, 5.41) is 0.741. The standard InChI is InChI=1S/C17H24ClNO/c1-2-12-4-3-8-17(9-7-12)11-15(19)14-10-13(18)5-6-16(14)20-17/h5-6,10,12,15H,2-4,7-9,11,19H2,1H3/t12?,15-,17?/m0/s1. The van der Waals surface area contributed by atoms with Gasteiger partial charge in [0.25, 0.3) is 0 Å². The fraction of sp³-hybridized carbons (Fsp3) is 0.647. The van der Waals surface area contributed by atoms with Crippen LogP contribution in [-0.4, -0.2) is 5.60 Å². The number of nitrogens with two attached hydrogens (primary N) is 1. The minimum absolute atomic E-state index is 0.0375. The summed E-state index contributed by atoms with van der Waals surface area (Å²) in [4.78, 5) is 0. The molecule has 1 aromatic carbocycles. The lowest BCUT2D eigenvalue weighted by Crippen LogP contribution is -2.42. The summed E-state index contributed by atoms with van der Waals surface area (Å²) in [6, 6.07) is 5.90. The Morgan fingerprint density at radius 3 is 3.00 bits per heavy atom. The molecule has 0 aromatic heterocycles. The molecule has 2 unspecified atom stereocenters. The van der Waals surface area contributed by atoms with Crippen LogP contribution in [0.4, 0.5) is 0 Å². The summed E-state index contributed by atoms with van der Waals surface area (Å²) in [6.07, 6.45) is 8.36. The number of hydrogen-bond acceptors (Lipinski definition) is 2. The van der Waals surface area contributed by atoms with E-state index in [1.54, 1.807) is 0 Å². The average Bonchev–Trinajstić information content (AvgIpc) is 2.62. The molecule has 3 heteroatoms. The molecule has 1 fully saturated rings. The van der Waals surface area contributed by atoms with Gasteiger partial charge >= 0.3 is 0 Å². The highest BCUT2D eigenvalue weighted by Gasteiger charge is 2.40. The first-order valence-electron chi connectivity index (χ1n) is 7.86. The molecule has 1 saturated carbocycles. The van der Waals surface area contributed by atoms with Gasteiger partial charge in [-0.2, -0.15) is 0 Å². The highest BCUT2D eigenvalue weighted by Crippen LogP contribution is 2.46. The van der Waals surface area contributed by atoms with Crippen LogP contribution in [0.25, 0.3) is 0 Å². The number of rotatable bonds is 1. The van der Waals surface area contributed by atoms with Gasteiger partial charge in [-0.1, -0.05) is 31.4 Å². The highest BCUT2D eigenvalue weighted by atomic mass is 35.5. The van der Waals surface area contributed by atoms with Gasteiger partial charge in [-0.05, 0) is 49.8 Å². The molecule has 1 aliphatic heterocycles. The molecule has 0 bridgehead atoms. The molecule has 3 rings (SSSR count). The van der Waals surface area contributed by atoms with Crippen LogP contribution in [0.5, 0.6) is 5.75 Å². The van der Waals surface area contributed by atoms with Gasteiger partial charge < -0.3 is 10.5 Å². The number of ether oxygens (including phenoxy) is 1. The third-order valence-electron chi connectivity index (χ3n) is 5.12. The van der Waals surface area contributed by atoms with E-state index in [1.807, 2.05) is 18.2 Å². The molecule has 110 valence electrons. The molecule has 3 atom stereocenters. The van der Waals surface area contributed by atoms with E-state index in [9.17, 15) is 0 Å². The zero-order valence-corrected chi connectivity index (χ0v) is 13.0. The van der Waals surface area contributed by atoms with Crippen LogP contribution in [-0.2, 0) is 0 Å². The Hall–Kier alpha value is -0.730. The number of hydrogen-bond donors (Lipinski definition) is 1. The first-order chi connectivity index (χ1) is 9.62. The fourth-order valence-electron chi connectivity index (χ4n) is 3.85. The minimum atomic E-state index is -0.0375. The van der Waals surface area contributed by atoms with Gasteiger partial charge in [0.15, 0.2) is 0 Å². The smallest absolute Gasteiger partial charge is 0.125 e. The zero-order chi connectivity index (χ0) is 14.2. The monoisotopic (exact) mass is 293 g/mol. The van der Waals surface area contributed by atoms with Crippen molar-refractivity contribution in [1.82, 2.24) is 0 Å². The lowest BCUT2D eigenvalue weighted by molar-refractivity contribution is 0.0203. The van der Waals surface area contributed by atoms with E-state index >= 15 is 0 Å². The molecule has 2 nitrogen and oxygen atoms in total. The first-order valence-corrected chi connectivity index (χ1v) is 8.24. The summed E-state index contributed by atoms with van der Waals surface area (Å²) < 4.78 is 6.42. The molecule has 1 spiro atoms. The zero-order valence-electron chi connectivity index (χ0n) is 12.2. The maximum absolute atomic E-state index is 6.42. The Bertz CT molecular complexity index is 490. The number of halogens is 1. The molecular formula is C17H24ClNO. The van der Waals surface area contributed by atoms with Crippen LogP contribution in [0.1, 0.15) is 63.5 Å². The van der Waals surface area contributed by atoms with Crippen molar-refractivity contribution < 1.29 is 4.74 Å². The van der Waals surface area contributed by atoms with Crippen molar-refractivity contribution in [2.75, 3.05) is 0 Å². The Labute approximate surface area is 126 Å². The summed E-state index contributed by atoms with van der Waals surface area (Å²) in [5.41, 5.74) is 7.43. The maximum atomic E-state index is 6.42. The lowest BCUT2D eigenvalue weighted by Gasteiger charge is -2.41. The second kappa shape index (κ2) is 5.57. The molecule has 1 aromatic rings. The quantitative estimate of drug-likeness (QED) is 0.803. The van der Waals surface area contributed by atoms with E-state index in [2.05, 4.69) is 6.92 Å². The highest BCUT2D eigenvalue weighted by molar-refractivity contribution is 6.30. The van der Waals surface area contributed by atoms with Gasteiger partial charge in [-0.15, -0.1) is 0 Å². The van der Waals surface area contributed by atoms with Crippen LogP contribution in [0.3, 0.4) is 0 Å². The molecule has 2 N–H and O–H groups in total. The predicted octanol–water partition coefficient (Wildman–Crippen LogP) is 4.85. The molecule has 1 heterocycles. The molecule has 20 heavy (non-hydrogen) atoms. The minimum Gasteiger partial charge on any atom is -0.487 e. The molecule has 2 aliphatic rings. The predicted molar refractivity (Wildman–Crippen MR) is 83.2 cm³/mol. The van der Waals surface area contributed by atoms with E-state index in [4.69, 9.17) is 22.1 Å². The fourth-order valence-corrected chi connectivity index (χ4v) is 4.03. The van der Waals surface area contributed by atoms with Crippen LogP contribution >= 0.6 is 11.6 Å². The van der Waals surface area contributed by atoms with Gasteiger partial charge in [0.05, 0.1) is 0 Å². The molecule has 0 amide bonds. The lowest BCUT2D eigenvalue weighted by atomic mass is 9.82. The van der Waals surface area contributed by atoms with E-state index in [-0.39, 0.29) is 11.6 Å².